The Labute approximate surface area is 183 Å². The minimum absolute atomic E-state index is 0.0105. The lowest BCUT2D eigenvalue weighted by Crippen LogP contribution is -2.18. The Morgan fingerprint density at radius 1 is 1.16 bits per heavy atom. The Bertz CT molecular complexity index is 1200. The molecule has 31 heavy (non-hydrogen) atoms. The summed E-state index contributed by atoms with van der Waals surface area (Å²) in [5.41, 5.74) is 0.0838. The molecule has 0 spiro atoms. The summed E-state index contributed by atoms with van der Waals surface area (Å²) >= 11 is 12.3. The van der Waals surface area contributed by atoms with Crippen molar-refractivity contribution in [3.8, 4) is 5.82 Å². The fraction of sp³-hybridized carbons (Fsp3) is 0.211. The van der Waals surface area contributed by atoms with E-state index in [2.05, 4.69) is 20.6 Å². The van der Waals surface area contributed by atoms with Crippen molar-refractivity contribution >= 4 is 34.8 Å². The van der Waals surface area contributed by atoms with Gasteiger partial charge in [0.15, 0.2) is 11.5 Å². The quantitative estimate of drug-likeness (QED) is 0.539. The Morgan fingerprint density at radius 3 is 2.52 bits per heavy atom. The molecule has 4 rings (SSSR count). The highest BCUT2D eigenvalue weighted by Gasteiger charge is 2.36. The van der Waals surface area contributed by atoms with Gasteiger partial charge in [-0.2, -0.15) is 23.2 Å². The number of fused-ring (bicyclic) bond motifs is 1. The van der Waals surface area contributed by atoms with Crippen LogP contribution < -0.4 is 5.32 Å². The molecule has 12 heteroatoms. The number of benzene rings is 1. The molecule has 1 N–H and O–H groups in total. The van der Waals surface area contributed by atoms with Crippen molar-refractivity contribution in [2.45, 2.75) is 25.1 Å². The first-order valence-electron chi connectivity index (χ1n) is 8.90. The molecule has 2 aromatic heterocycles. The van der Waals surface area contributed by atoms with E-state index >= 15 is 0 Å². The molecule has 160 valence electrons. The number of nitroso groups, excluding NO2 is 1. The molecule has 1 atom stereocenters. The number of aromatic nitrogens is 3. The standard InChI is InChI=1S/C19H12Cl2F3N5O2/c20-12-2-1-3-25-17(12)29-15(8-16(27-29)19(22,23)24)18(30)26-14-7-10-5-11(28-31)4-9(10)6-13(14)21/h1-3,6-8,11H,4-5H2,(H,26,30). The zero-order valence-corrected chi connectivity index (χ0v) is 17.0. The molecular formula is C19H12Cl2F3N5O2. The maximum absolute atomic E-state index is 13.3. The number of rotatable bonds is 4. The molecule has 1 amide bonds. The first-order valence-corrected chi connectivity index (χ1v) is 9.66. The molecule has 0 radical (unpaired) electrons. The van der Waals surface area contributed by atoms with Gasteiger partial charge in [0.1, 0.15) is 5.69 Å². The molecule has 0 fully saturated rings. The maximum atomic E-state index is 13.3. The van der Waals surface area contributed by atoms with Crippen LogP contribution in [0.1, 0.15) is 27.3 Å². The van der Waals surface area contributed by atoms with Gasteiger partial charge in [-0.1, -0.05) is 28.4 Å². The van der Waals surface area contributed by atoms with Crippen LogP contribution in [0.2, 0.25) is 10.0 Å². The van der Waals surface area contributed by atoms with E-state index in [9.17, 15) is 22.9 Å². The fourth-order valence-electron chi connectivity index (χ4n) is 3.35. The highest BCUT2D eigenvalue weighted by molar-refractivity contribution is 6.34. The number of hydrogen-bond donors (Lipinski definition) is 1. The Balaban J connectivity index is 1.72. The number of alkyl halides is 3. The van der Waals surface area contributed by atoms with E-state index in [0.29, 0.717) is 18.9 Å². The summed E-state index contributed by atoms with van der Waals surface area (Å²) in [6.45, 7) is 0. The van der Waals surface area contributed by atoms with Gasteiger partial charge in [-0.15, -0.1) is 0 Å². The molecule has 0 aliphatic heterocycles. The van der Waals surface area contributed by atoms with E-state index in [-0.39, 0.29) is 21.6 Å². The zero-order valence-electron chi connectivity index (χ0n) is 15.5. The van der Waals surface area contributed by atoms with Gasteiger partial charge in [-0.3, -0.25) is 4.79 Å². The predicted octanol–water partition coefficient (Wildman–Crippen LogP) is 5.08. The van der Waals surface area contributed by atoms with Crippen LogP contribution in [-0.4, -0.2) is 26.7 Å². The lowest BCUT2D eigenvalue weighted by atomic mass is 10.1. The van der Waals surface area contributed by atoms with Crippen LogP contribution in [0.25, 0.3) is 5.82 Å². The normalized spacial score (nSPS) is 15.6. The van der Waals surface area contributed by atoms with Gasteiger partial charge in [0, 0.05) is 12.3 Å². The molecule has 0 saturated carbocycles. The number of pyridine rings is 1. The van der Waals surface area contributed by atoms with Crippen molar-refractivity contribution in [2.24, 2.45) is 5.18 Å². The lowest BCUT2D eigenvalue weighted by molar-refractivity contribution is -0.141. The molecule has 7 nitrogen and oxygen atoms in total. The first-order chi connectivity index (χ1) is 14.7. The highest BCUT2D eigenvalue weighted by atomic mass is 35.5. The third-order valence-corrected chi connectivity index (χ3v) is 5.38. The number of carbonyl (C=O) groups excluding carboxylic acids is 1. The minimum atomic E-state index is -4.79. The van der Waals surface area contributed by atoms with Gasteiger partial charge in [0.2, 0.25) is 0 Å². The highest BCUT2D eigenvalue weighted by Crippen LogP contribution is 2.34. The van der Waals surface area contributed by atoms with Crippen LogP contribution in [0.4, 0.5) is 18.9 Å². The topological polar surface area (TPSA) is 89.2 Å². The van der Waals surface area contributed by atoms with Crippen LogP contribution in [0, 0.1) is 4.91 Å². The van der Waals surface area contributed by atoms with E-state index < -0.39 is 29.5 Å². The molecule has 1 aliphatic carbocycles. The minimum Gasteiger partial charge on any atom is -0.319 e. The Morgan fingerprint density at radius 2 is 1.87 bits per heavy atom. The number of hydrogen-bond acceptors (Lipinski definition) is 5. The Kier molecular flexibility index (Phi) is 5.44. The number of halogens is 5. The third-order valence-electron chi connectivity index (χ3n) is 4.77. The van der Waals surface area contributed by atoms with Gasteiger partial charge in [0.05, 0.1) is 21.8 Å². The van der Waals surface area contributed by atoms with Crippen molar-refractivity contribution < 1.29 is 18.0 Å². The zero-order chi connectivity index (χ0) is 22.3. The fourth-order valence-corrected chi connectivity index (χ4v) is 3.79. The molecular weight excluding hydrogens is 458 g/mol. The average Bonchev–Trinajstić information content (AvgIpc) is 3.32. The summed E-state index contributed by atoms with van der Waals surface area (Å²) in [6, 6.07) is 6.28. The van der Waals surface area contributed by atoms with Gasteiger partial charge >= 0.3 is 6.18 Å². The van der Waals surface area contributed by atoms with E-state index in [1.54, 1.807) is 12.1 Å². The van der Waals surface area contributed by atoms with Crippen LogP contribution in [0.15, 0.2) is 41.7 Å². The number of carbonyl (C=O) groups is 1. The van der Waals surface area contributed by atoms with Crippen LogP contribution in [0.3, 0.4) is 0 Å². The average molecular weight is 470 g/mol. The number of amides is 1. The van der Waals surface area contributed by atoms with Crippen molar-refractivity contribution in [3.63, 3.8) is 0 Å². The number of anilines is 1. The maximum Gasteiger partial charge on any atom is 0.435 e. The smallest absolute Gasteiger partial charge is 0.319 e. The van der Waals surface area contributed by atoms with E-state index in [1.165, 1.54) is 18.3 Å². The third kappa shape index (κ3) is 4.13. The molecule has 2 heterocycles. The second-order valence-corrected chi connectivity index (χ2v) is 7.67. The lowest BCUT2D eigenvalue weighted by Gasteiger charge is -2.11. The predicted molar refractivity (Wildman–Crippen MR) is 108 cm³/mol. The first kappa shape index (κ1) is 21.3. The molecule has 1 aliphatic rings. The summed E-state index contributed by atoms with van der Waals surface area (Å²) in [5, 5.41) is 9.20. The molecule has 1 aromatic carbocycles. The van der Waals surface area contributed by atoms with Crippen molar-refractivity contribution in [1.82, 2.24) is 14.8 Å². The summed E-state index contributed by atoms with van der Waals surface area (Å²) < 4.78 is 40.5. The van der Waals surface area contributed by atoms with Gasteiger partial charge in [0.25, 0.3) is 5.91 Å². The van der Waals surface area contributed by atoms with E-state index in [4.69, 9.17) is 23.2 Å². The van der Waals surface area contributed by atoms with Crippen molar-refractivity contribution in [2.75, 3.05) is 5.32 Å². The van der Waals surface area contributed by atoms with Crippen LogP contribution in [-0.2, 0) is 19.0 Å². The van der Waals surface area contributed by atoms with Crippen molar-refractivity contribution in [1.29, 1.82) is 0 Å². The number of nitrogens with zero attached hydrogens (tertiary/aromatic N) is 4. The summed E-state index contributed by atoms with van der Waals surface area (Å²) in [7, 11) is 0. The largest absolute Gasteiger partial charge is 0.435 e. The van der Waals surface area contributed by atoms with Gasteiger partial charge in [-0.05, 0) is 48.2 Å². The molecule has 0 bridgehead atoms. The summed E-state index contributed by atoms with van der Waals surface area (Å²) in [6.07, 6.45) is -2.65. The summed E-state index contributed by atoms with van der Waals surface area (Å²) in [5.74, 6) is -1.03. The molecule has 1 unspecified atom stereocenters. The van der Waals surface area contributed by atoms with Crippen molar-refractivity contribution in [3.05, 3.63) is 74.0 Å². The second-order valence-electron chi connectivity index (χ2n) is 6.86. The second kappa shape index (κ2) is 7.93. The van der Waals surface area contributed by atoms with Gasteiger partial charge in [-0.25, -0.2) is 9.67 Å². The molecule has 3 aromatic rings. The van der Waals surface area contributed by atoms with Gasteiger partial charge < -0.3 is 5.32 Å². The monoisotopic (exact) mass is 469 g/mol. The van der Waals surface area contributed by atoms with E-state index in [1.807, 2.05) is 0 Å². The molecule has 0 saturated heterocycles. The number of nitrogens with one attached hydrogen (secondary N) is 1. The summed E-state index contributed by atoms with van der Waals surface area (Å²) in [4.78, 5) is 27.6. The SMILES string of the molecule is O=NC1Cc2cc(Cl)c(NC(=O)c3cc(C(F)(F)F)nn3-c3ncccc3Cl)cc2C1. The van der Waals surface area contributed by atoms with Crippen LogP contribution in [0.5, 0.6) is 0 Å². The van der Waals surface area contributed by atoms with Crippen LogP contribution >= 0.6 is 23.2 Å². The Hall–Kier alpha value is -2.98. The van der Waals surface area contributed by atoms with E-state index in [0.717, 1.165) is 15.8 Å².